The van der Waals surface area contributed by atoms with Crippen LogP contribution in [-0.4, -0.2) is 5.97 Å². The first-order valence-corrected chi connectivity index (χ1v) is 11.3. The van der Waals surface area contributed by atoms with Gasteiger partial charge in [-0.2, -0.15) is 0 Å². The van der Waals surface area contributed by atoms with Gasteiger partial charge in [-0.15, -0.1) is 0 Å². The lowest BCUT2D eigenvalue weighted by molar-refractivity contribution is -0.144. The first kappa shape index (κ1) is 20.7. The summed E-state index contributed by atoms with van der Waals surface area (Å²) < 4.78 is 45.3. The van der Waals surface area contributed by atoms with E-state index in [1.807, 2.05) is 0 Å². The van der Waals surface area contributed by atoms with Crippen LogP contribution in [0.5, 0.6) is 5.75 Å². The normalized spacial score (nSPS) is 35.0. The number of fused-ring (bicyclic) bond motifs is 1. The maximum atomic E-state index is 13.4. The second kappa shape index (κ2) is 8.69. The highest BCUT2D eigenvalue weighted by Gasteiger charge is 2.43. The molecule has 1 aromatic carbocycles. The second-order valence-electron chi connectivity index (χ2n) is 9.68. The summed E-state index contributed by atoms with van der Waals surface area (Å²) in [6, 6.07) is 1.50. The Bertz CT molecular complexity index is 719. The minimum absolute atomic E-state index is 0.225. The predicted molar refractivity (Wildman–Crippen MR) is 105 cm³/mol. The Kier molecular flexibility index (Phi) is 6.21. The topological polar surface area (TPSA) is 26.3 Å². The van der Waals surface area contributed by atoms with Crippen molar-refractivity contribution in [2.45, 2.75) is 71.1 Å². The van der Waals surface area contributed by atoms with Crippen LogP contribution in [-0.2, 0) is 4.79 Å². The number of hydrogen-bond donors (Lipinski definition) is 0. The van der Waals surface area contributed by atoms with Crippen molar-refractivity contribution in [2.24, 2.45) is 35.5 Å². The molecule has 4 unspecified atom stereocenters. The summed E-state index contributed by atoms with van der Waals surface area (Å²) in [4.78, 5) is 12.8. The molecule has 0 bridgehead atoms. The van der Waals surface area contributed by atoms with Crippen molar-refractivity contribution < 1.29 is 22.7 Å². The predicted octanol–water partition coefficient (Wildman–Crippen LogP) is 6.67. The third-order valence-electron chi connectivity index (χ3n) is 7.89. The molecule has 0 N–H and O–H groups in total. The van der Waals surface area contributed by atoms with Crippen molar-refractivity contribution in [3.05, 3.63) is 29.6 Å². The summed E-state index contributed by atoms with van der Waals surface area (Å²) >= 11 is 0. The molecule has 0 heterocycles. The van der Waals surface area contributed by atoms with Gasteiger partial charge in [0.1, 0.15) is 5.75 Å². The molecule has 4 atom stereocenters. The van der Waals surface area contributed by atoms with E-state index in [1.165, 1.54) is 38.5 Å². The average Bonchev–Trinajstić information content (AvgIpc) is 2.71. The molecular weight excluding hydrogens is 377 g/mol. The van der Waals surface area contributed by atoms with Crippen LogP contribution in [0.25, 0.3) is 0 Å². The van der Waals surface area contributed by atoms with Crippen LogP contribution < -0.4 is 4.74 Å². The first-order chi connectivity index (χ1) is 13.9. The molecule has 4 rings (SSSR count). The minimum Gasteiger partial charge on any atom is -0.426 e. The number of halogens is 3. The third kappa shape index (κ3) is 4.49. The molecule has 29 heavy (non-hydrogen) atoms. The molecule has 0 saturated heterocycles. The molecule has 3 fully saturated rings. The molecule has 0 aromatic heterocycles. The SMILES string of the molecule is CC1CCC(C2CCC3C(CCCC3C(=O)Oc3cc(F)c(F)c(F)c3)C2)CC1. The summed E-state index contributed by atoms with van der Waals surface area (Å²) in [5.74, 6) is -1.80. The zero-order chi connectivity index (χ0) is 20.5. The number of carbonyl (C=O) groups excluding carboxylic acids is 1. The van der Waals surface area contributed by atoms with Gasteiger partial charge in [-0.1, -0.05) is 32.6 Å². The molecule has 2 nitrogen and oxygen atoms in total. The molecule has 1 aromatic rings. The van der Waals surface area contributed by atoms with Gasteiger partial charge in [-0.05, 0) is 68.1 Å². The van der Waals surface area contributed by atoms with Crippen LogP contribution >= 0.6 is 0 Å². The Morgan fingerprint density at radius 3 is 2.21 bits per heavy atom. The number of benzene rings is 1. The molecular formula is C24H31F3O2. The van der Waals surface area contributed by atoms with Gasteiger partial charge in [0.15, 0.2) is 17.5 Å². The van der Waals surface area contributed by atoms with Crippen LogP contribution in [0.15, 0.2) is 12.1 Å². The number of ether oxygens (including phenoxy) is 1. The number of carbonyl (C=O) groups is 1. The Balaban J connectivity index is 1.39. The van der Waals surface area contributed by atoms with E-state index in [-0.39, 0.29) is 11.7 Å². The van der Waals surface area contributed by atoms with Crippen molar-refractivity contribution in [2.75, 3.05) is 0 Å². The Hall–Kier alpha value is -1.52. The fraction of sp³-hybridized carbons (Fsp3) is 0.708. The maximum Gasteiger partial charge on any atom is 0.314 e. The molecule has 5 heteroatoms. The van der Waals surface area contributed by atoms with Crippen molar-refractivity contribution >= 4 is 5.97 Å². The van der Waals surface area contributed by atoms with Gasteiger partial charge in [-0.3, -0.25) is 4.79 Å². The molecule has 0 amide bonds. The van der Waals surface area contributed by atoms with Gasteiger partial charge >= 0.3 is 5.97 Å². The smallest absolute Gasteiger partial charge is 0.314 e. The molecule has 3 aliphatic rings. The molecule has 3 aliphatic carbocycles. The Labute approximate surface area is 171 Å². The highest BCUT2D eigenvalue weighted by molar-refractivity contribution is 5.75. The van der Waals surface area contributed by atoms with Gasteiger partial charge in [0.05, 0.1) is 5.92 Å². The number of rotatable bonds is 3. The lowest BCUT2D eigenvalue weighted by Crippen LogP contribution is -2.40. The van der Waals surface area contributed by atoms with Crippen LogP contribution in [0.2, 0.25) is 0 Å². The van der Waals surface area contributed by atoms with Crippen molar-refractivity contribution in [3.63, 3.8) is 0 Å². The van der Waals surface area contributed by atoms with E-state index in [4.69, 9.17) is 4.74 Å². The van der Waals surface area contributed by atoms with Crippen LogP contribution in [0.4, 0.5) is 13.2 Å². The lowest BCUT2D eigenvalue weighted by atomic mass is 9.59. The van der Waals surface area contributed by atoms with E-state index in [9.17, 15) is 18.0 Å². The summed E-state index contributed by atoms with van der Waals surface area (Å²) in [5, 5.41) is 0. The van der Waals surface area contributed by atoms with Gasteiger partial charge < -0.3 is 4.74 Å². The average molecular weight is 409 g/mol. The molecule has 3 saturated carbocycles. The zero-order valence-electron chi connectivity index (χ0n) is 17.1. The maximum absolute atomic E-state index is 13.4. The second-order valence-corrected chi connectivity index (χ2v) is 9.68. The van der Waals surface area contributed by atoms with Crippen LogP contribution in [0, 0.1) is 53.0 Å². The zero-order valence-corrected chi connectivity index (χ0v) is 17.1. The Morgan fingerprint density at radius 2 is 1.52 bits per heavy atom. The summed E-state index contributed by atoms with van der Waals surface area (Å²) in [6.07, 6.45) is 11.7. The van der Waals surface area contributed by atoms with E-state index >= 15 is 0 Å². The van der Waals surface area contributed by atoms with E-state index in [0.717, 1.165) is 55.6 Å². The van der Waals surface area contributed by atoms with E-state index in [1.54, 1.807) is 0 Å². The minimum atomic E-state index is -1.54. The molecule has 0 aliphatic heterocycles. The summed E-state index contributed by atoms with van der Waals surface area (Å²) in [5.41, 5.74) is 0. The number of esters is 1. The van der Waals surface area contributed by atoms with Gasteiger partial charge in [-0.25, -0.2) is 13.2 Å². The summed E-state index contributed by atoms with van der Waals surface area (Å²) in [7, 11) is 0. The number of hydrogen-bond acceptors (Lipinski definition) is 2. The third-order valence-corrected chi connectivity index (χ3v) is 7.89. The van der Waals surface area contributed by atoms with Crippen LogP contribution in [0.1, 0.15) is 71.1 Å². The molecule has 0 radical (unpaired) electrons. The van der Waals surface area contributed by atoms with Gasteiger partial charge in [0.2, 0.25) is 0 Å². The fourth-order valence-corrected chi connectivity index (χ4v) is 6.26. The standard InChI is InChI=1S/C24H31F3O2/c1-14-5-7-15(8-6-14)16-9-10-19-17(11-16)3-2-4-20(19)24(28)29-18-12-21(25)23(27)22(26)13-18/h12-17,19-20H,2-11H2,1H3. The van der Waals surface area contributed by atoms with E-state index in [2.05, 4.69) is 6.92 Å². The Morgan fingerprint density at radius 1 is 0.862 bits per heavy atom. The van der Waals surface area contributed by atoms with Crippen molar-refractivity contribution in [3.8, 4) is 5.75 Å². The molecule has 160 valence electrons. The van der Waals surface area contributed by atoms with Gasteiger partial charge in [0, 0.05) is 12.1 Å². The van der Waals surface area contributed by atoms with Crippen molar-refractivity contribution in [1.29, 1.82) is 0 Å². The first-order valence-electron chi connectivity index (χ1n) is 11.3. The highest BCUT2D eigenvalue weighted by Crippen LogP contribution is 2.50. The van der Waals surface area contributed by atoms with E-state index in [0.29, 0.717) is 11.8 Å². The fourth-order valence-electron chi connectivity index (χ4n) is 6.26. The molecule has 0 spiro atoms. The van der Waals surface area contributed by atoms with Gasteiger partial charge in [0.25, 0.3) is 0 Å². The quantitative estimate of drug-likeness (QED) is 0.317. The monoisotopic (exact) mass is 408 g/mol. The van der Waals surface area contributed by atoms with Crippen molar-refractivity contribution in [1.82, 2.24) is 0 Å². The van der Waals surface area contributed by atoms with E-state index < -0.39 is 23.4 Å². The highest BCUT2D eigenvalue weighted by atomic mass is 19.2. The largest absolute Gasteiger partial charge is 0.426 e. The lowest BCUT2D eigenvalue weighted by Gasteiger charge is -2.45. The summed E-state index contributed by atoms with van der Waals surface area (Å²) in [6.45, 7) is 2.35. The van der Waals surface area contributed by atoms with Crippen LogP contribution in [0.3, 0.4) is 0 Å².